The van der Waals surface area contributed by atoms with Crippen LogP contribution in [0, 0.1) is 17.8 Å². The summed E-state index contributed by atoms with van der Waals surface area (Å²) in [6, 6.07) is 0. The predicted molar refractivity (Wildman–Crippen MR) is 77.7 cm³/mol. The van der Waals surface area contributed by atoms with Gasteiger partial charge in [0.05, 0.1) is 5.60 Å². The Bertz CT molecular complexity index is 232. The van der Waals surface area contributed by atoms with Gasteiger partial charge in [0.25, 0.3) is 0 Å². The van der Waals surface area contributed by atoms with Crippen LogP contribution in [0.25, 0.3) is 0 Å². The van der Waals surface area contributed by atoms with E-state index >= 15 is 0 Å². The molecular weight excluding hydrogens is 220 g/mol. The number of methoxy groups -OCH3 is 1. The molecule has 0 N–H and O–H groups in total. The van der Waals surface area contributed by atoms with Crippen molar-refractivity contribution in [2.75, 3.05) is 7.11 Å². The molecule has 1 nitrogen and oxygen atoms in total. The van der Waals surface area contributed by atoms with Gasteiger partial charge in [-0.1, -0.05) is 46.0 Å². The van der Waals surface area contributed by atoms with Crippen molar-refractivity contribution in [3.05, 3.63) is 0 Å². The van der Waals surface area contributed by atoms with Crippen LogP contribution in [0.3, 0.4) is 0 Å². The van der Waals surface area contributed by atoms with Gasteiger partial charge in [-0.25, -0.2) is 0 Å². The van der Waals surface area contributed by atoms with E-state index in [1.54, 1.807) is 0 Å². The molecule has 0 bridgehead atoms. The molecule has 2 aliphatic carbocycles. The second-order valence-electron chi connectivity index (χ2n) is 7.18. The second kappa shape index (κ2) is 6.41. The molecular formula is C17H32O. The van der Waals surface area contributed by atoms with Gasteiger partial charge in [-0.2, -0.15) is 0 Å². The second-order valence-corrected chi connectivity index (χ2v) is 7.18. The van der Waals surface area contributed by atoms with Gasteiger partial charge in [0, 0.05) is 7.11 Å². The lowest BCUT2D eigenvalue weighted by Crippen LogP contribution is -2.39. The smallest absolute Gasteiger partial charge is 0.0681 e. The van der Waals surface area contributed by atoms with E-state index in [0.717, 1.165) is 17.8 Å². The van der Waals surface area contributed by atoms with Gasteiger partial charge in [0.1, 0.15) is 0 Å². The Labute approximate surface area is 114 Å². The Balaban J connectivity index is 1.87. The fraction of sp³-hybridized carbons (Fsp3) is 1.00. The van der Waals surface area contributed by atoms with E-state index in [2.05, 4.69) is 13.8 Å². The summed E-state index contributed by atoms with van der Waals surface area (Å²) in [7, 11) is 1.96. The van der Waals surface area contributed by atoms with E-state index in [0.29, 0.717) is 0 Å². The molecule has 2 rings (SSSR count). The van der Waals surface area contributed by atoms with Gasteiger partial charge in [-0.15, -0.1) is 0 Å². The third kappa shape index (κ3) is 3.50. The van der Waals surface area contributed by atoms with Gasteiger partial charge in [0.15, 0.2) is 0 Å². The largest absolute Gasteiger partial charge is 0.378 e. The quantitative estimate of drug-likeness (QED) is 0.669. The fourth-order valence-corrected chi connectivity index (χ4v) is 4.24. The Morgan fingerprint density at radius 1 is 1.00 bits per heavy atom. The first kappa shape index (κ1) is 14.4. The predicted octanol–water partition coefficient (Wildman–Crippen LogP) is 5.19. The van der Waals surface area contributed by atoms with Crippen LogP contribution < -0.4 is 0 Å². The Morgan fingerprint density at radius 3 is 2.11 bits per heavy atom. The molecule has 18 heavy (non-hydrogen) atoms. The van der Waals surface area contributed by atoms with Crippen molar-refractivity contribution in [1.29, 1.82) is 0 Å². The first-order valence-electron chi connectivity index (χ1n) is 8.20. The van der Waals surface area contributed by atoms with Crippen LogP contribution >= 0.6 is 0 Å². The standard InChI is InChI=1S/C17H32O/c1-14(2)16-9-11-17(18-3,12-10-16)13-15-7-5-4-6-8-15/h14-16H,4-13H2,1-3H3. The molecule has 0 aromatic carbocycles. The Hall–Kier alpha value is -0.0400. The minimum Gasteiger partial charge on any atom is -0.378 e. The highest BCUT2D eigenvalue weighted by Gasteiger charge is 2.38. The summed E-state index contributed by atoms with van der Waals surface area (Å²) in [4.78, 5) is 0. The average Bonchev–Trinajstić information content (AvgIpc) is 2.40. The minimum atomic E-state index is 0.243. The molecule has 2 saturated carbocycles. The SMILES string of the molecule is COC1(CC2CCCCC2)CCC(C(C)C)CC1. The molecule has 0 heterocycles. The lowest BCUT2D eigenvalue weighted by molar-refractivity contribution is -0.0717. The zero-order valence-electron chi connectivity index (χ0n) is 12.7. The Morgan fingerprint density at radius 2 is 1.61 bits per heavy atom. The van der Waals surface area contributed by atoms with Crippen molar-refractivity contribution in [2.24, 2.45) is 17.8 Å². The highest BCUT2D eigenvalue weighted by Crippen LogP contribution is 2.43. The zero-order valence-corrected chi connectivity index (χ0v) is 12.7. The van der Waals surface area contributed by atoms with Crippen LogP contribution in [0.4, 0.5) is 0 Å². The van der Waals surface area contributed by atoms with E-state index in [1.165, 1.54) is 64.2 Å². The summed E-state index contributed by atoms with van der Waals surface area (Å²) in [5.74, 6) is 2.75. The van der Waals surface area contributed by atoms with Crippen molar-refractivity contribution >= 4 is 0 Å². The normalized spacial score (nSPS) is 35.0. The fourth-order valence-electron chi connectivity index (χ4n) is 4.24. The van der Waals surface area contributed by atoms with Gasteiger partial charge in [-0.05, 0) is 49.9 Å². The molecule has 2 aliphatic rings. The van der Waals surface area contributed by atoms with E-state index < -0.39 is 0 Å². The monoisotopic (exact) mass is 252 g/mol. The summed E-state index contributed by atoms with van der Waals surface area (Å²) in [5.41, 5.74) is 0.243. The van der Waals surface area contributed by atoms with Crippen LogP contribution in [0.1, 0.15) is 78.1 Å². The summed E-state index contributed by atoms with van der Waals surface area (Å²) in [6.45, 7) is 4.76. The molecule has 0 spiro atoms. The number of rotatable bonds is 4. The van der Waals surface area contributed by atoms with Gasteiger partial charge in [-0.3, -0.25) is 0 Å². The summed E-state index contributed by atoms with van der Waals surface area (Å²) >= 11 is 0. The van der Waals surface area contributed by atoms with Gasteiger partial charge < -0.3 is 4.74 Å². The van der Waals surface area contributed by atoms with E-state index in [1.807, 2.05) is 7.11 Å². The van der Waals surface area contributed by atoms with Crippen molar-refractivity contribution in [3.8, 4) is 0 Å². The highest BCUT2D eigenvalue weighted by molar-refractivity contribution is 4.90. The van der Waals surface area contributed by atoms with Gasteiger partial charge in [0.2, 0.25) is 0 Å². The summed E-state index contributed by atoms with van der Waals surface area (Å²) in [6.07, 6.45) is 14.0. The minimum absolute atomic E-state index is 0.243. The number of hydrogen-bond acceptors (Lipinski definition) is 1. The first-order valence-corrected chi connectivity index (χ1v) is 8.20. The van der Waals surface area contributed by atoms with Crippen LogP contribution in [0.5, 0.6) is 0 Å². The third-order valence-corrected chi connectivity index (χ3v) is 5.70. The number of ether oxygens (including phenoxy) is 1. The van der Waals surface area contributed by atoms with E-state index in [4.69, 9.17) is 4.74 Å². The highest BCUT2D eigenvalue weighted by atomic mass is 16.5. The molecule has 0 amide bonds. The van der Waals surface area contributed by atoms with Gasteiger partial charge >= 0.3 is 0 Å². The van der Waals surface area contributed by atoms with E-state index in [-0.39, 0.29) is 5.60 Å². The van der Waals surface area contributed by atoms with Crippen LogP contribution in [-0.2, 0) is 4.74 Å². The summed E-state index contributed by atoms with van der Waals surface area (Å²) in [5, 5.41) is 0. The maximum absolute atomic E-state index is 6.01. The zero-order chi connectivity index (χ0) is 13.0. The van der Waals surface area contributed by atoms with Crippen molar-refractivity contribution in [3.63, 3.8) is 0 Å². The topological polar surface area (TPSA) is 9.23 Å². The summed E-state index contributed by atoms with van der Waals surface area (Å²) < 4.78 is 6.01. The first-order chi connectivity index (χ1) is 8.65. The molecule has 0 aliphatic heterocycles. The van der Waals surface area contributed by atoms with Crippen LogP contribution in [0.15, 0.2) is 0 Å². The molecule has 0 radical (unpaired) electrons. The van der Waals surface area contributed by atoms with Crippen molar-refractivity contribution in [2.45, 2.75) is 83.7 Å². The molecule has 0 aromatic heterocycles. The average molecular weight is 252 g/mol. The van der Waals surface area contributed by atoms with E-state index in [9.17, 15) is 0 Å². The molecule has 0 aromatic rings. The molecule has 0 unspecified atom stereocenters. The molecule has 106 valence electrons. The maximum atomic E-state index is 6.01. The maximum Gasteiger partial charge on any atom is 0.0681 e. The number of hydrogen-bond donors (Lipinski definition) is 0. The third-order valence-electron chi connectivity index (χ3n) is 5.70. The lowest BCUT2D eigenvalue weighted by atomic mass is 9.70. The van der Waals surface area contributed by atoms with Crippen LogP contribution in [0.2, 0.25) is 0 Å². The molecule has 2 fully saturated rings. The Kier molecular flexibility index (Phi) is 5.12. The molecule has 0 atom stereocenters. The molecule has 1 heteroatoms. The molecule has 0 saturated heterocycles. The lowest BCUT2D eigenvalue weighted by Gasteiger charge is -2.43. The van der Waals surface area contributed by atoms with Crippen molar-refractivity contribution in [1.82, 2.24) is 0 Å². The van der Waals surface area contributed by atoms with Crippen molar-refractivity contribution < 1.29 is 4.74 Å². The van der Waals surface area contributed by atoms with Crippen LogP contribution in [-0.4, -0.2) is 12.7 Å².